The first-order chi connectivity index (χ1) is 11.4. The van der Waals surface area contributed by atoms with Crippen LogP contribution in [0.25, 0.3) is 11.0 Å². The smallest absolute Gasteiger partial charge is 0.303 e. The lowest BCUT2D eigenvalue weighted by molar-refractivity contribution is -0.137. The van der Waals surface area contributed by atoms with E-state index in [9.17, 15) is 9.90 Å². The van der Waals surface area contributed by atoms with Crippen LogP contribution in [-0.4, -0.2) is 21.0 Å². The number of carboxylic acid groups (broad SMARTS) is 1. The zero-order valence-electron chi connectivity index (χ0n) is 12.4. The third-order valence-corrected chi connectivity index (χ3v) is 4.55. The third-order valence-electron chi connectivity index (χ3n) is 3.76. The van der Waals surface area contributed by atoms with E-state index < -0.39 is 5.97 Å². The molecule has 1 atom stereocenters. The molecule has 0 aliphatic rings. The van der Waals surface area contributed by atoms with E-state index in [0.29, 0.717) is 27.3 Å². The molecule has 0 aliphatic carbocycles. The van der Waals surface area contributed by atoms with Gasteiger partial charge in [-0.15, -0.1) is 0 Å². The van der Waals surface area contributed by atoms with Crippen molar-refractivity contribution in [3.63, 3.8) is 0 Å². The molecule has 0 saturated carbocycles. The fourth-order valence-corrected chi connectivity index (χ4v) is 3.43. The molecule has 0 radical (unpaired) electrons. The van der Waals surface area contributed by atoms with Gasteiger partial charge in [-0.1, -0.05) is 40.9 Å². The van der Waals surface area contributed by atoms with Gasteiger partial charge in [-0.05, 0) is 35.9 Å². The van der Waals surface area contributed by atoms with Crippen LogP contribution in [0.4, 0.5) is 0 Å². The van der Waals surface area contributed by atoms with Crippen LogP contribution in [0.3, 0.4) is 0 Å². The Morgan fingerprint density at radius 1 is 1.12 bits per heavy atom. The number of nitrogens with zero attached hydrogens (tertiary/aromatic N) is 1. The van der Waals surface area contributed by atoms with Gasteiger partial charge in [0.25, 0.3) is 0 Å². The largest absolute Gasteiger partial charge is 0.481 e. The Balaban J connectivity index is 1.94. The molecule has 1 unspecified atom stereocenters. The Morgan fingerprint density at radius 2 is 1.83 bits per heavy atom. The molecule has 4 nitrogen and oxygen atoms in total. The van der Waals surface area contributed by atoms with Gasteiger partial charge in [-0.2, -0.15) is 0 Å². The average molecular weight is 384 g/mol. The standard InChI is InChI=1S/C17H13Cl3N2O2/c18-10-1-3-12(13(20)7-10)9(6-17(23)24)5-16-21-14-4-2-11(19)8-15(14)22-16/h1-4,7-9H,5-6H2,(H,21,22)(H,23,24). The predicted octanol–water partition coefficient (Wildman–Crippen LogP) is 5.32. The zero-order chi connectivity index (χ0) is 17.3. The Labute approximate surface area is 153 Å². The number of nitrogens with one attached hydrogen (secondary N) is 1. The number of aliphatic carboxylic acids is 1. The highest BCUT2D eigenvalue weighted by Gasteiger charge is 2.21. The van der Waals surface area contributed by atoms with Crippen LogP contribution in [0, 0.1) is 0 Å². The molecule has 0 saturated heterocycles. The van der Waals surface area contributed by atoms with Crippen LogP contribution in [-0.2, 0) is 11.2 Å². The number of H-pyrrole nitrogens is 1. The quantitative estimate of drug-likeness (QED) is 0.626. The fraction of sp³-hybridized carbons (Fsp3) is 0.176. The van der Waals surface area contributed by atoms with Crippen molar-refractivity contribution in [3.8, 4) is 0 Å². The second-order valence-electron chi connectivity index (χ2n) is 5.51. The lowest BCUT2D eigenvalue weighted by atomic mass is 9.92. The average Bonchev–Trinajstić information content (AvgIpc) is 2.87. The first-order valence-electron chi connectivity index (χ1n) is 7.23. The van der Waals surface area contributed by atoms with Crippen molar-refractivity contribution < 1.29 is 9.90 Å². The van der Waals surface area contributed by atoms with Crippen molar-refractivity contribution in [3.05, 3.63) is 62.9 Å². The summed E-state index contributed by atoms with van der Waals surface area (Å²) in [5.41, 5.74) is 2.33. The lowest BCUT2D eigenvalue weighted by Gasteiger charge is -2.16. The second-order valence-corrected chi connectivity index (χ2v) is 6.79. The molecule has 24 heavy (non-hydrogen) atoms. The van der Waals surface area contributed by atoms with E-state index in [-0.39, 0.29) is 12.3 Å². The molecule has 1 aromatic heterocycles. The number of benzene rings is 2. The topological polar surface area (TPSA) is 66.0 Å². The van der Waals surface area contributed by atoms with E-state index in [2.05, 4.69) is 9.97 Å². The van der Waals surface area contributed by atoms with E-state index in [4.69, 9.17) is 34.8 Å². The summed E-state index contributed by atoms with van der Waals surface area (Å²) in [6, 6.07) is 10.5. The maximum Gasteiger partial charge on any atom is 0.303 e. The molecule has 1 heterocycles. The van der Waals surface area contributed by atoms with Crippen molar-refractivity contribution in [2.24, 2.45) is 0 Å². The van der Waals surface area contributed by atoms with Crippen LogP contribution >= 0.6 is 34.8 Å². The molecule has 0 bridgehead atoms. The SMILES string of the molecule is O=C(O)CC(Cc1nc2cc(Cl)ccc2[nH]1)c1ccc(Cl)cc1Cl. The molecular formula is C17H13Cl3N2O2. The Hall–Kier alpha value is -1.75. The third kappa shape index (κ3) is 3.83. The number of hydrogen-bond acceptors (Lipinski definition) is 2. The molecule has 124 valence electrons. The number of aromatic amines is 1. The summed E-state index contributed by atoms with van der Waals surface area (Å²) < 4.78 is 0. The number of halogens is 3. The van der Waals surface area contributed by atoms with Crippen LogP contribution in [0.1, 0.15) is 23.7 Å². The number of carbonyl (C=O) groups is 1. The van der Waals surface area contributed by atoms with Gasteiger partial charge in [0, 0.05) is 27.4 Å². The normalized spacial score (nSPS) is 12.5. The number of aromatic nitrogens is 2. The zero-order valence-corrected chi connectivity index (χ0v) is 14.7. The summed E-state index contributed by atoms with van der Waals surface area (Å²) in [6.45, 7) is 0. The van der Waals surface area contributed by atoms with Crippen LogP contribution in [0.2, 0.25) is 15.1 Å². The van der Waals surface area contributed by atoms with Crippen molar-refractivity contribution in [1.82, 2.24) is 9.97 Å². The maximum atomic E-state index is 11.3. The second kappa shape index (κ2) is 7.01. The first kappa shape index (κ1) is 17.1. The molecule has 3 rings (SSSR count). The molecule has 7 heteroatoms. The molecule has 2 N–H and O–H groups in total. The van der Waals surface area contributed by atoms with Gasteiger partial charge in [0.15, 0.2) is 0 Å². The number of fused-ring (bicyclic) bond motifs is 1. The number of imidazole rings is 1. The monoisotopic (exact) mass is 382 g/mol. The maximum absolute atomic E-state index is 11.3. The van der Waals surface area contributed by atoms with Crippen molar-refractivity contribution in [2.45, 2.75) is 18.8 Å². The minimum atomic E-state index is -0.898. The van der Waals surface area contributed by atoms with Gasteiger partial charge in [0.1, 0.15) is 5.82 Å². The molecule has 0 spiro atoms. The van der Waals surface area contributed by atoms with Crippen LogP contribution in [0.5, 0.6) is 0 Å². The van der Waals surface area contributed by atoms with E-state index >= 15 is 0 Å². The summed E-state index contributed by atoms with van der Waals surface area (Å²) in [5.74, 6) is -0.530. The van der Waals surface area contributed by atoms with E-state index in [0.717, 1.165) is 16.6 Å². The Kier molecular flexibility index (Phi) is 4.99. The number of carboxylic acids is 1. The summed E-state index contributed by atoms with van der Waals surface area (Å²) in [4.78, 5) is 18.9. The summed E-state index contributed by atoms with van der Waals surface area (Å²) in [5, 5.41) is 10.8. The van der Waals surface area contributed by atoms with Gasteiger partial charge in [-0.25, -0.2) is 4.98 Å². The highest BCUT2D eigenvalue weighted by atomic mass is 35.5. The molecular weight excluding hydrogens is 371 g/mol. The van der Waals surface area contributed by atoms with E-state index in [1.807, 2.05) is 6.07 Å². The van der Waals surface area contributed by atoms with Gasteiger partial charge in [0.05, 0.1) is 17.5 Å². The molecule has 0 amide bonds. The minimum absolute atomic E-state index is 0.0564. The molecule has 0 aliphatic heterocycles. The van der Waals surface area contributed by atoms with E-state index in [1.165, 1.54) is 0 Å². The fourth-order valence-electron chi connectivity index (χ4n) is 2.70. The van der Waals surface area contributed by atoms with Gasteiger partial charge in [0.2, 0.25) is 0 Å². The highest BCUT2D eigenvalue weighted by Crippen LogP contribution is 2.32. The highest BCUT2D eigenvalue weighted by molar-refractivity contribution is 6.35. The molecule has 0 fully saturated rings. The molecule has 2 aromatic carbocycles. The van der Waals surface area contributed by atoms with Gasteiger partial charge >= 0.3 is 5.97 Å². The molecule has 3 aromatic rings. The number of rotatable bonds is 5. The van der Waals surface area contributed by atoms with Crippen molar-refractivity contribution >= 4 is 51.8 Å². The van der Waals surface area contributed by atoms with Crippen molar-refractivity contribution in [1.29, 1.82) is 0 Å². The Morgan fingerprint density at radius 3 is 2.54 bits per heavy atom. The summed E-state index contributed by atoms with van der Waals surface area (Å²) in [7, 11) is 0. The Bertz CT molecular complexity index is 908. The summed E-state index contributed by atoms with van der Waals surface area (Å²) in [6.07, 6.45) is 0.360. The van der Waals surface area contributed by atoms with Gasteiger partial charge < -0.3 is 10.1 Å². The first-order valence-corrected chi connectivity index (χ1v) is 8.36. The minimum Gasteiger partial charge on any atom is -0.481 e. The van der Waals surface area contributed by atoms with E-state index in [1.54, 1.807) is 30.3 Å². The lowest BCUT2D eigenvalue weighted by Crippen LogP contribution is -2.10. The van der Waals surface area contributed by atoms with Gasteiger partial charge in [-0.3, -0.25) is 4.79 Å². The number of hydrogen-bond donors (Lipinski definition) is 2. The predicted molar refractivity (Wildman–Crippen MR) is 96.3 cm³/mol. The van der Waals surface area contributed by atoms with Crippen LogP contribution in [0.15, 0.2) is 36.4 Å². The summed E-state index contributed by atoms with van der Waals surface area (Å²) >= 11 is 18.1. The van der Waals surface area contributed by atoms with Crippen molar-refractivity contribution in [2.75, 3.05) is 0 Å². The van der Waals surface area contributed by atoms with Crippen LogP contribution < -0.4 is 0 Å².